The summed E-state index contributed by atoms with van der Waals surface area (Å²) in [5.74, 6) is -1.10. The zero-order valence-electron chi connectivity index (χ0n) is 23.2. The minimum absolute atomic E-state index is 0.0381. The number of benzene rings is 1. The molecular weight excluding hydrogens is 594 g/mol. The smallest absolute Gasteiger partial charge is 0.407 e. The number of pyridine rings is 2. The van der Waals surface area contributed by atoms with Crippen molar-refractivity contribution in [2.75, 3.05) is 6.54 Å². The predicted octanol–water partition coefficient (Wildman–Crippen LogP) is 6.17. The standard InChI is InChI=1S/C29H28ClF4N5O4/c1-18-24(39-14-20(30)13-23(25(39)37-18)42-16-22-21(31)9-6-12-35-22)26(40)36-17-28(2,10-11-29(32,33)34)38-27(41)43-15-19-7-4-3-5-8-19/h3-9,12-14H,10-11,15-17H2,1-2H3,(H,36,40)(H,38,41). The van der Waals surface area contributed by atoms with E-state index in [4.69, 9.17) is 21.1 Å². The molecule has 0 fully saturated rings. The minimum Gasteiger partial charge on any atom is -0.483 e. The first-order valence-corrected chi connectivity index (χ1v) is 13.5. The second kappa shape index (κ2) is 13.3. The van der Waals surface area contributed by atoms with Gasteiger partial charge in [-0.15, -0.1) is 0 Å². The number of hydrogen-bond donors (Lipinski definition) is 2. The summed E-state index contributed by atoms with van der Waals surface area (Å²) >= 11 is 6.27. The number of aryl methyl sites for hydroxylation is 1. The summed E-state index contributed by atoms with van der Waals surface area (Å²) in [7, 11) is 0. The van der Waals surface area contributed by atoms with E-state index in [1.807, 2.05) is 0 Å². The number of aromatic nitrogens is 3. The summed E-state index contributed by atoms with van der Waals surface area (Å²) in [6, 6.07) is 12.9. The number of ether oxygens (including phenoxy) is 2. The van der Waals surface area contributed by atoms with Crippen molar-refractivity contribution in [1.29, 1.82) is 0 Å². The van der Waals surface area contributed by atoms with Gasteiger partial charge in [0.25, 0.3) is 5.91 Å². The number of carbonyl (C=O) groups is 2. The van der Waals surface area contributed by atoms with Crippen LogP contribution >= 0.6 is 11.6 Å². The van der Waals surface area contributed by atoms with Crippen molar-refractivity contribution >= 4 is 29.2 Å². The maximum absolute atomic E-state index is 14.0. The van der Waals surface area contributed by atoms with E-state index >= 15 is 0 Å². The molecular formula is C29H28ClF4N5O4. The van der Waals surface area contributed by atoms with Crippen LogP contribution in [0.5, 0.6) is 5.75 Å². The summed E-state index contributed by atoms with van der Waals surface area (Å²) in [6.07, 6.45) is -4.34. The van der Waals surface area contributed by atoms with Crippen LogP contribution in [0, 0.1) is 12.7 Å². The number of halogens is 5. The Bertz CT molecular complexity index is 1600. The molecule has 0 spiro atoms. The lowest BCUT2D eigenvalue weighted by atomic mass is 9.95. The summed E-state index contributed by atoms with van der Waals surface area (Å²) in [5, 5.41) is 5.24. The molecule has 1 atom stereocenters. The number of nitrogens with zero attached hydrogens (tertiary/aromatic N) is 3. The predicted molar refractivity (Wildman–Crippen MR) is 149 cm³/mol. The first kappa shape index (κ1) is 31.5. The molecule has 0 saturated heterocycles. The van der Waals surface area contributed by atoms with E-state index in [2.05, 4.69) is 20.6 Å². The Labute approximate surface area is 249 Å². The average molecular weight is 622 g/mol. The highest BCUT2D eigenvalue weighted by molar-refractivity contribution is 6.30. The van der Waals surface area contributed by atoms with Gasteiger partial charge in [0.15, 0.2) is 11.4 Å². The van der Waals surface area contributed by atoms with E-state index in [0.717, 1.165) is 0 Å². The average Bonchev–Trinajstić information content (AvgIpc) is 3.29. The fourth-order valence-electron chi connectivity index (χ4n) is 4.22. The molecule has 0 saturated carbocycles. The molecule has 9 nitrogen and oxygen atoms in total. The van der Waals surface area contributed by atoms with Gasteiger partial charge in [0.05, 0.1) is 16.3 Å². The van der Waals surface area contributed by atoms with E-state index in [1.54, 1.807) is 37.3 Å². The van der Waals surface area contributed by atoms with Crippen LogP contribution in [0.25, 0.3) is 5.65 Å². The van der Waals surface area contributed by atoms with Gasteiger partial charge >= 0.3 is 12.3 Å². The number of imidazole rings is 1. The lowest BCUT2D eigenvalue weighted by Crippen LogP contribution is -2.54. The number of amides is 2. The molecule has 14 heteroatoms. The van der Waals surface area contributed by atoms with Crippen molar-refractivity contribution < 1.29 is 36.6 Å². The first-order valence-electron chi connectivity index (χ1n) is 13.1. The SMILES string of the molecule is Cc1nc2c(OCc3ncccc3F)cc(Cl)cn2c1C(=O)NCC(C)(CCC(F)(F)F)NC(=O)OCc1ccccc1. The van der Waals surface area contributed by atoms with Crippen LogP contribution in [-0.4, -0.2) is 44.6 Å². The van der Waals surface area contributed by atoms with Crippen molar-refractivity contribution in [3.8, 4) is 5.75 Å². The molecule has 43 heavy (non-hydrogen) atoms. The molecule has 2 amide bonds. The zero-order chi connectivity index (χ0) is 31.2. The molecule has 228 valence electrons. The molecule has 2 N–H and O–H groups in total. The summed E-state index contributed by atoms with van der Waals surface area (Å²) in [4.78, 5) is 34.2. The van der Waals surface area contributed by atoms with Gasteiger partial charge < -0.3 is 20.1 Å². The lowest BCUT2D eigenvalue weighted by Gasteiger charge is -2.31. The fourth-order valence-corrected chi connectivity index (χ4v) is 4.42. The monoisotopic (exact) mass is 621 g/mol. The zero-order valence-corrected chi connectivity index (χ0v) is 23.9. The van der Waals surface area contributed by atoms with Crippen LogP contribution in [0.15, 0.2) is 60.9 Å². The number of rotatable bonds is 11. The topological polar surface area (TPSA) is 107 Å². The number of alkyl carbamates (subject to hydrolysis) is 1. The normalized spacial score (nSPS) is 12.9. The molecule has 3 aromatic heterocycles. The van der Waals surface area contributed by atoms with Crippen LogP contribution in [-0.2, 0) is 18.0 Å². The Hall–Kier alpha value is -4.39. The molecule has 0 aliphatic rings. The first-order chi connectivity index (χ1) is 20.3. The maximum Gasteiger partial charge on any atom is 0.407 e. The van der Waals surface area contributed by atoms with E-state index in [-0.39, 0.29) is 53.3 Å². The van der Waals surface area contributed by atoms with E-state index in [0.29, 0.717) is 5.56 Å². The molecule has 0 bridgehead atoms. The van der Waals surface area contributed by atoms with Gasteiger partial charge in [-0.25, -0.2) is 14.2 Å². The van der Waals surface area contributed by atoms with Gasteiger partial charge in [0.2, 0.25) is 0 Å². The van der Waals surface area contributed by atoms with Crippen LogP contribution in [0.2, 0.25) is 5.02 Å². The molecule has 3 heterocycles. The van der Waals surface area contributed by atoms with Crippen molar-refractivity contribution in [3.63, 3.8) is 0 Å². The van der Waals surface area contributed by atoms with Gasteiger partial charge in [0.1, 0.15) is 30.4 Å². The molecule has 1 aromatic carbocycles. The number of nitrogens with one attached hydrogen (secondary N) is 2. The Morgan fingerprint density at radius 1 is 1.07 bits per heavy atom. The van der Waals surface area contributed by atoms with Gasteiger partial charge in [-0.05, 0) is 38.0 Å². The Kier molecular flexibility index (Phi) is 9.74. The van der Waals surface area contributed by atoms with E-state index < -0.39 is 42.4 Å². The number of fused-ring (bicyclic) bond motifs is 1. The highest BCUT2D eigenvalue weighted by atomic mass is 35.5. The van der Waals surface area contributed by atoms with Crippen molar-refractivity contribution in [1.82, 2.24) is 25.0 Å². The molecule has 4 rings (SSSR count). The third kappa shape index (κ3) is 8.57. The van der Waals surface area contributed by atoms with Gasteiger partial charge in [0, 0.05) is 31.4 Å². The summed E-state index contributed by atoms with van der Waals surface area (Å²) in [6.45, 7) is 2.24. The molecule has 0 radical (unpaired) electrons. The minimum atomic E-state index is -4.50. The van der Waals surface area contributed by atoms with E-state index in [9.17, 15) is 27.2 Å². The van der Waals surface area contributed by atoms with Crippen LogP contribution < -0.4 is 15.4 Å². The Morgan fingerprint density at radius 3 is 2.51 bits per heavy atom. The Balaban J connectivity index is 1.50. The number of hydrogen-bond acceptors (Lipinski definition) is 6. The fraction of sp³-hybridized carbons (Fsp3) is 0.310. The Morgan fingerprint density at radius 2 is 1.81 bits per heavy atom. The van der Waals surface area contributed by atoms with Crippen molar-refractivity contribution in [2.45, 2.75) is 51.6 Å². The van der Waals surface area contributed by atoms with Gasteiger partial charge in [-0.1, -0.05) is 41.9 Å². The van der Waals surface area contributed by atoms with Crippen LogP contribution in [0.1, 0.15) is 47.2 Å². The molecule has 0 aliphatic heterocycles. The van der Waals surface area contributed by atoms with Crippen molar-refractivity contribution in [2.24, 2.45) is 0 Å². The lowest BCUT2D eigenvalue weighted by molar-refractivity contribution is -0.138. The van der Waals surface area contributed by atoms with E-state index in [1.165, 1.54) is 41.9 Å². The maximum atomic E-state index is 14.0. The summed E-state index contributed by atoms with van der Waals surface area (Å²) in [5.41, 5.74) is -0.276. The largest absolute Gasteiger partial charge is 0.483 e. The number of carbonyl (C=O) groups excluding carboxylic acids is 2. The summed E-state index contributed by atoms with van der Waals surface area (Å²) < 4.78 is 65.7. The third-order valence-corrected chi connectivity index (χ3v) is 6.66. The van der Waals surface area contributed by atoms with Gasteiger partial charge in [-0.2, -0.15) is 13.2 Å². The second-order valence-corrected chi connectivity index (χ2v) is 10.5. The number of alkyl halides is 3. The van der Waals surface area contributed by atoms with Crippen molar-refractivity contribution in [3.05, 3.63) is 94.4 Å². The second-order valence-electron chi connectivity index (χ2n) is 10.0. The molecule has 0 aliphatic carbocycles. The molecule has 4 aromatic rings. The highest BCUT2D eigenvalue weighted by Gasteiger charge is 2.35. The third-order valence-electron chi connectivity index (χ3n) is 6.46. The van der Waals surface area contributed by atoms with Gasteiger partial charge in [-0.3, -0.25) is 14.2 Å². The highest BCUT2D eigenvalue weighted by Crippen LogP contribution is 2.28. The van der Waals surface area contributed by atoms with Crippen LogP contribution in [0.4, 0.5) is 22.4 Å². The van der Waals surface area contributed by atoms with Crippen LogP contribution in [0.3, 0.4) is 0 Å². The molecule has 1 unspecified atom stereocenters. The quantitative estimate of drug-likeness (QED) is 0.194.